The molecule has 0 bridgehead atoms. The molecule has 476 valence electrons. The molecular weight excluding hydrogens is 1180 g/mol. The van der Waals surface area contributed by atoms with Crippen LogP contribution < -0.4 is 0 Å². The summed E-state index contributed by atoms with van der Waals surface area (Å²) < 4.78 is 62.9. The van der Waals surface area contributed by atoms with Crippen LogP contribution in [-0.2, 0) is 52.2 Å². The predicted molar refractivity (Wildman–Crippen MR) is 392 cm³/mol. The number of aromatic nitrogens is 3. The molecule has 3 heterocycles. The van der Waals surface area contributed by atoms with E-state index in [1.165, 1.54) is 65.7 Å². The largest absolute Gasteiger partial charge is 0.309 e. The predicted octanol–water partition coefficient (Wildman–Crippen LogP) is 22.1. The van der Waals surface area contributed by atoms with Gasteiger partial charge in [-0.3, -0.25) is 0 Å². The zero-order valence-corrected chi connectivity index (χ0v) is 59.1. The van der Waals surface area contributed by atoms with Gasteiger partial charge in [-0.2, -0.15) is 0 Å². The minimum absolute atomic E-state index is 0.0171. The maximum atomic E-state index is 14.7. The highest BCUT2D eigenvalue weighted by atomic mass is 32.2. The van der Waals surface area contributed by atoms with E-state index in [0.29, 0.717) is 9.79 Å². The summed E-state index contributed by atoms with van der Waals surface area (Å²) in [7, 11) is -7.53. The molecule has 10 aromatic carbocycles. The lowest BCUT2D eigenvalue weighted by Crippen LogP contribution is -2.10. The van der Waals surface area contributed by atoms with Crippen LogP contribution in [0.3, 0.4) is 0 Å². The van der Waals surface area contributed by atoms with Crippen molar-refractivity contribution in [2.75, 3.05) is 0 Å². The Bertz CT molecular complexity index is 4930. The molecule has 0 aliphatic carbocycles. The lowest BCUT2D eigenvalue weighted by Gasteiger charge is -2.19. The summed E-state index contributed by atoms with van der Waals surface area (Å²) in [6, 6.07) is 70.9. The zero-order chi connectivity index (χ0) is 66.9. The van der Waals surface area contributed by atoms with E-state index in [0.717, 1.165) is 50.2 Å². The first-order valence-electron chi connectivity index (χ1n) is 32.5. The normalized spacial score (nSPS) is 13.2. The molecule has 0 aliphatic heterocycles. The third-order valence-electron chi connectivity index (χ3n) is 18.7. The van der Waals surface area contributed by atoms with E-state index in [4.69, 9.17) is 0 Å². The average molecular weight is 1270 g/mol. The van der Waals surface area contributed by atoms with E-state index in [2.05, 4.69) is 248 Å². The molecular formula is C84H89N3O4S2. The summed E-state index contributed by atoms with van der Waals surface area (Å²) in [5.41, 5.74) is 16.4. The second-order valence-electron chi connectivity index (χ2n) is 31.7. The van der Waals surface area contributed by atoms with Gasteiger partial charge in [0.1, 0.15) is 0 Å². The Labute approximate surface area is 551 Å². The molecule has 0 spiro atoms. The first kappa shape index (κ1) is 64.6. The lowest BCUT2D eigenvalue weighted by molar-refractivity contribution is 0.590. The number of hydrogen-bond acceptors (Lipinski definition) is 4. The molecule has 3 aromatic heterocycles. The number of hydrogen-bond donors (Lipinski definition) is 0. The Morgan fingerprint density at radius 2 is 0.409 bits per heavy atom. The molecule has 9 heteroatoms. The zero-order valence-electron chi connectivity index (χ0n) is 57.5. The lowest BCUT2D eigenvalue weighted by atomic mass is 9.85. The number of benzene rings is 10. The van der Waals surface area contributed by atoms with Crippen LogP contribution in [0.25, 0.3) is 82.5 Å². The fourth-order valence-corrected chi connectivity index (χ4v) is 15.6. The smallest absolute Gasteiger partial charge is 0.206 e. The van der Waals surface area contributed by atoms with Gasteiger partial charge in [0.15, 0.2) is 0 Å². The molecule has 13 aromatic rings. The van der Waals surface area contributed by atoms with Crippen LogP contribution in [0.5, 0.6) is 0 Å². The van der Waals surface area contributed by atoms with Gasteiger partial charge in [0.05, 0.1) is 52.7 Å². The number of fused-ring (bicyclic) bond motifs is 9. The maximum absolute atomic E-state index is 14.7. The van der Waals surface area contributed by atoms with Gasteiger partial charge in [-0.15, -0.1) is 0 Å². The van der Waals surface area contributed by atoms with E-state index in [9.17, 15) is 16.8 Å². The van der Waals surface area contributed by atoms with Crippen molar-refractivity contribution in [2.24, 2.45) is 0 Å². The van der Waals surface area contributed by atoms with Crippen molar-refractivity contribution in [2.45, 2.75) is 177 Å². The van der Waals surface area contributed by atoms with Gasteiger partial charge < -0.3 is 13.7 Å². The Hall–Kier alpha value is -8.50. The molecule has 0 amide bonds. The summed E-state index contributed by atoms with van der Waals surface area (Å²) >= 11 is 0. The van der Waals surface area contributed by atoms with Gasteiger partial charge >= 0.3 is 0 Å². The van der Waals surface area contributed by atoms with Crippen molar-refractivity contribution in [1.29, 1.82) is 0 Å². The number of nitrogens with zero attached hydrogens (tertiary/aromatic N) is 3. The van der Waals surface area contributed by atoms with Gasteiger partial charge in [-0.25, -0.2) is 16.8 Å². The molecule has 0 radical (unpaired) electrons. The molecule has 13 rings (SSSR count). The topological polar surface area (TPSA) is 83.1 Å². The van der Waals surface area contributed by atoms with Crippen molar-refractivity contribution in [3.63, 3.8) is 0 Å². The average Bonchev–Trinajstić information content (AvgIpc) is 1.61. The van der Waals surface area contributed by atoms with Crippen molar-refractivity contribution in [1.82, 2.24) is 13.7 Å². The third-order valence-corrected chi connectivity index (χ3v) is 22.2. The highest BCUT2D eigenvalue weighted by molar-refractivity contribution is 7.91. The van der Waals surface area contributed by atoms with E-state index in [-0.39, 0.29) is 42.3 Å². The van der Waals surface area contributed by atoms with Crippen LogP contribution in [0.15, 0.2) is 232 Å². The van der Waals surface area contributed by atoms with Crippen molar-refractivity contribution in [3.05, 3.63) is 246 Å². The Morgan fingerprint density at radius 1 is 0.215 bits per heavy atom. The maximum Gasteiger partial charge on any atom is 0.206 e. The molecule has 0 unspecified atom stereocenters. The summed E-state index contributed by atoms with van der Waals surface area (Å²) in [5.74, 6) is 0. The Kier molecular flexibility index (Phi) is 15.7. The van der Waals surface area contributed by atoms with Gasteiger partial charge in [-0.05, 0) is 205 Å². The van der Waals surface area contributed by atoms with Crippen LogP contribution in [0.1, 0.15) is 158 Å². The monoisotopic (exact) mass is 1270 g/mol. The number of sulfone groups is 2. The van der Waals surface area contributed by atoms with Crippen molar-refractivity contribution in [3.8, 4) is 17.1 Å². The van der Waals surface area contributed by atoms with Crippen LogP contribution >= 0.6 is 0 Å². The summed E-state index contributed by atoms with van der Waals surface area (Å²) in [4.78, 5) is 1.11. The molecule has 0 saturated heterocycles. The number of rotatable bonds is 7. The summed E-state index contributed by atoms with van der Waals surface area (Å²) in [6.07, 6.45) is 0. The molecule has 0 fully saturated rings. The first-order valence-corrected chi connectivity index (χ1v) is 35.5. The van der Waals surface area contributed by atoms with Crippen LogP contribution in [0, 0.1) is 0 Å². The van der Waals surface area contributed by atoms with Crippen molar-refractivity contribution >= 4 is 85.1 Å². The van der Waals surface area contributed by atoms with E-state index < -0.39 is 19.7 Å². The fraction of sp³-hybridized carbons (Fsp3) is 0.286. The fourth-order valence-electron chi connectivity index (χ4n) is 12.9. The van der Waals surface area contributed by atoms with Gasteiger partial charge in [0.2, 0.25) is 19.7 Å². The van der Waals surface area contributed by atoms with Crippen molar-refractivity contribution < 1.29 is 16.8 Å². The molecule has 93 heavy (non-hydrogen) atoms. The second-order valence-corrected chi connectivity index (χ2v) is 35.6. The third kappa shape index (κ3) is 11.9. The minimum Gasteiger partial charge on any atom is -0.309 e. The molecule has 7 nitrogen and oxygen atoms in total. The van der Waals surface area contributed by atoms with E-state index >= 15 is 0 Å². The minimum atomic E-state index is -3.91. The van der Waals surface area contributed by atoms with Gasteiger partial charge in [0, 0.05) is 49.4 Å². The van der Waals surface area contributed by atoms with Gasteiger partial charge in [-0.1, -0.05) is 197 Å². The molecule has 0 atom stereocenters. The van der Waals surface area contributed by atoms with Crippen LogP contribution in [0.2, 0.25) is 0 Å². The van der Waals surface area contributed by atoms with Crippen LogP contribution in [0.4, 0.5) is 0 Å². The second kappa shape index (κ2) is 22.6. The highest BCUT2D eigenvalue weighted by Gasteiger charge is 2.28. The Morgan fingerprint density at radius 3 is 0.613 bits per heavy atom. The summed E-state index contributed by atoms with van der Waals surface area (Å²) in [6.45, 7) is 40.3. The quantitative estimate of drug-likeness (QED) is 0.159. The SMILES string of the molecule is CC(C)(C)c1ccc2c(c1)c1cc(C(C)(C)C)ccc1n2-c1cccc(S(=O)(=O)c2cccc(-n3c4ccc(C(C)(C)C)cc4c4cc(C(C)(C)C)ccc43)c2)c1.CC(C)(C)c1ccc2c(c1)c1cc(C(C)(C)C)ccc1n2-c1cccc(S(=O)(=O)c2ccccc2)c1. The van der Waals surface area contributed by atoms with Gasteiger partial charge in [0.25, 0.3) is 0 Å². The van der Waals surface area contributed by atoms with E-state index in [1.54, 1.807) is 48.5 Å². The molecule has 0 saturated carbocycles. The Balaban J connectivity index is 0.000000198. The molecule has 0 N–H and O–H groups in total. The summed E-state index contributed by atoms with van der Waals surface area (Å²) in [5, 5.41) is 7.03. The standard InChI is InChI=1S/C52H56N2O2S.C32H33NO2S/c1-49(2,3)33-19-23-45-41(27-33)42-28-34(50(4,5)6)20-24-46(42)53(45)37-15-13-17-39(31-37)57(55,56)40-18-14-16-38(32-40)54-47-25-21-35(51(7,8)9)29-43(47)44-30-36(52(10,11)12)22-26-48(44)54;1-31(2,3)22-15-17-29-27(19-22)28-20-23(32(4,5)6)16-18-30(28)33(29)24-11-10-14-26(21-24)36(34,35)25-12-8-7-9-13-25/h13-32H,1-12H3;7-21H,1-6H3. The van der Waals surface area contributed by atoms with Crippen LogP contribution in [-0.4, -0.2) is 30.5 Å². The van der Waals surface area contributed by atoms with E-state index in [1.807, 2.05) is 54.6 Å². The molecule has 0 aliphatic rings. The first-order chi connectivity index (χ1) is 43.4. The highest BCUT2D eigenvalue weighted by Crippen LogP contribution is 2.43.